The Hall–Kier alpha value is -2.91. The second kappa shape index (κ2) is 9.93. The number of carbonyl (C=O) groups excluding carboxylic acids is 1. The number of hydrogen-bond acceptors (Lipinski definition) is 6. The number of benzene rings is 2. The molecule has 0 aliphatic heterocycles. The third-order valence-electron chi connectivity index (χ3n) is 5.26. The summed E-state index contributed by atoms with van der Waals surface area (Å²) in [6.07, 6.45) is -1.26. The minimum atomic E-state index is -3.93. The molecular formula is C24H29NO7S. The van der Waals surface area contributed by atoms with Crippen molar-refractivity contribution in [1.82, 2.24) is 5.32 Å². The van der Waals surface area contributed by atoms with E-state index in [2.05, 4.69) is 5.32 Å². The average Bonchev–Trinajstić information content (AvgIpc) is 3.07. The molecule has 9 heteroatoms. The zero-order valence-corrected chi connectivity index (χ0v) is 19.7. The first-order chi connectivity index (χ1) is 15.5. The minimum absolute atomic E-state index is 0.0210. The van der Waals surface area contributed by atoms with Crippen molar-refractivity contribution >= 4 is 22.2 Å². The second-order valence-electron chi connectivity index (χ2n) is 9.23. The molecule has 1 unspecified atom stereocenters. The fourth-order valence-electron chi connectivity index (χ4n) is 3.63. The van der Waals surface area contributed by atoms with Crippen molar-refractivity contribution in [1.29, 1.82) is 0 Å². The van der Waals surface area contributed by atoms with Crippen molar-refractivity contribution in [3.8, 4) is 11.1 Å². The van der Waals surface area contributed by atoms with Crippen molar-refractivity contribution < 1.29 is 32.0 Å². The van der Waals surface area contributed by atoms with Gasteiger partial charge in [0, 0.05) is 5.92 Å². The summed E-state index contributed by atoms with van der Waals surface area (Å²) in [6.45, 7) is 5.47. The Morgan fingerprint density at radius 2 is 1.58 bits per heavy atom. The highest BCUT2D eigenvalue weighted by molar-refractivity contribution is 7.86. The van der Waals surface area contributed by atoms with E-state index in [0.29, 0.717) is 0 Å². The largest absolute Gasteiger partial charge is 0.480 e. The van der Waals surface area contributed by atoms with Crippen LogP contribution in [0.25, 0.3) is 11.1 Å². The summed E-state index contributed by atoms with van der Waals surface area (Å²) >= 11 is 0. The highest BCUT2D eigenvalue weighted by atomic mass is 32.2. The van der Waals surface area contributed by atoms with Gasteiger partial charge in [0.15, 0.2) is 0 Å². The lowest BCUT2D eigenvalue weighted by Crippen LogP contribution is -2.42. The van der Waals surface area contributed by atoms with Crippen LogP contribution in [-0.4, -0.2) is 50.6 Å². The van der Waals surface area contributed by atoms with E-state index in [0.717, 1.165) is 22.3 Å². The molecule has 0 saturated heterocycles. The van der Waals surface area contributed by atoms with Crippen LogP contribution in [0.3, 0.4) is 0 Å². The van der Waals surface area contributed by atoms with Gasteiger partial charge in [0.25, 0.3) is 10.1 Å². The van der Waals surface area contributed by atoms with E-state index in [9.17, 15) is 23.1 Å². The number of carboxylic acids is 1. The maximum absolute atomic E-state index is 12.3. The standard InChI is InChI=1S/C24H29NO7S/c1-24(2,3)15-32-33(29,30)13-12-21(22(26)27)25-23(28)31-14-20-18-10-6-4-8-16(18)17-9-5-7-11-19(17)20/h4-11,20-21H,12-15H2,1-3H3,(H,25,28)(H,26,27). The summed E-state index contributed by atoms with van der Waals surface area (Å²) in [7, 11) is -3.93. The Bertz CT molecular complexity index is 1080. The van der Waals surface area contributed by atoms with E-state index in [-0.39, 0.29) is 31.0 Å². The molecule has 0 heterocycles. The number of carbonyl (C=O) groups is 2. The van der Waals surface area contributed by atoms with Crippen LogP contribution in [0, 0.1) is 5.41 Å². The Labute approximate surface area is 194 Å². The molecule has 2 aromatic carbocycles. The predicted molar refractivity (Wildman–Crippen MR) is 123 cm³/mol. The van der Waals surface area contributed by atoms with Crippen LogP contribution in [0.4, 0.5) is 4.79 Å². The van der Waals surface area contributed by atoms with Gasteiger partial charge in [0.2, 0.25) is 0 Å². The summed E-state index contributed by atoms with van der Waals surface area (Å²) in [4.78, 5) is 23.9. The molecule has 1 aliphatic carbocycles. The smallest absolute Gasteiger partial charge is 0.407 e. The molecule has 0 aromatic heterocycles. The summed E-state index contributed by atoms with van der Waals surface area (Å²) < 4.78 is 34.4. The lowest BCUT2D eigenvalue weighted by Gasteiger charge is -2.19. The van der Waals surface area contributed by atoms with Crippen molar-refractivity contribution in [3.63, 3.8) is 0 Å². The molecule has 0 saturated carbocycles. The van der Waals surface area contributed by atoms with Crippen LogP contribution in [0.5, 0.6) is 0 Å². The molecule has 0 bridgehead atoms. The van der Waals surface area contributed by atoms with Crippen molar-refractivity contribution in [2.45, 2.75) is 39.2 Å². The first-order valence-electron chi connectivity index (χ1n) is 10.7. The van der Waals surface area contributed by atoms with Crippen LogP contribution in [-0.2, 0) is 23.8 Å². The van der Waals surface area contributed by atoms with Crippen LogP contribution in [0.1, 0.15) is 44.2 Å². The number of carboxylic acid groups (broad SMARTS) is 1. The highest BCUT2D eigenvalue weighted by Crippen LogP contribution is 2.44. The second-order valence-corrected chi connectivity index (χ2v) is 11.0. The molecule has 0 spiro atoms. The van der Waals surface area contributed by atoms with E-state index in [1.54, 1.807) is 0 Å². The molecule has 3 rings (SSSR count). The van der Waals surface area contributed by atoms with Gasteiger partial charge in [0.05, 0.1) is 12.4 Å². The van der Waals surface area contributed by atoms with Gasteiger partial charge in [0.1, 0.15) is 12.6 Å². The van der Waals surface area contributed by atoms with Crippen LogP contribution in [0.15, 0.2) is 48.5 Å². The van der Waals surface area contributed by atoms with Gasteiger partial charge in [-0.3, -0.25) is 4.18 Å². The first kappa shape index (κ1) is 24.7. The molecular weight excluding hydrogens is 446 g/mol. The fourth-order valence-corrected chi connectivity index (χ4v) is 4.80. The van der Waals surface area contributed by atoms with Gasteiger partial charge in [-0.25, -0.2) is 9.59 Å². The lowest BCUT2D eigenvalue weighted by atomic mass is 9.98. The normalized spacial score (nSPS) is 14.3. The molecule has 1 amide bonds. The van der Waals surface area contributed by atoms with E-state index in [1.165, 1.54) is 0 Å². The SMILES string of the molecule is CC(C)(C)COS(=O)(=O)CCC(NC(=O)OCC1c2ccccc2-c2ccccc21)C(=O)O. The van der Waals surface area contributed by atoms with Crippen molar-refractivity contribution in [2.24, 2.45) is 5.41 Å². The number of hydrogen-bond donors (Lipinski definition) is 2. The third kappa shape index (κ3) is 6.55. The molecule has 0 radical (unpaired) electrons. The Morgan fingerprint density at radius 1 is 1.03 bits per heavy atom. The van der Waals surface area contributed by atoms with Gasteiger partial charge in [-0.15, -0.1) is 0 Å². The minimum Gasteiger partial charge on any atom is -0.480 e. The fraction of sp³-hybridized carbons (Fsp3) is 0.417. The quantitative estimate of drug-likeness (QED) is 0.530. The number of ether oxygens (including phenoxy) is 1. The predicted octanol–water partition coefficient (Wildman–Crippen LogP) is 3.76. The third-order valence-corrected chi connectivity index (χ3v) is 6.47. The molecule has 2 N–H and O–H groups in total. The first-order valence-corrected chi connectivity index (χ1v) is 12.3. The number of aliphatic carboxylic acids is 1. The van der Waals surface area contributed by atoms with Crippen molar-refractivity contribution in [2.75, 3.05) is 19.0 Å². The topological polar surface area (TPSA) is 119 Å². The summed E-state index contributed by atoms with van der Waals surface area (Å²) in [6, 6.07) is 14.3. The van der Waals surface area contributed by atoms with Gasteiger partial charge in [-0.1, -0.05) is 69.3 Å². The molecule has 178 valence electrons. The number of amides is 1. The Morgan fingerprint density at radius 3 is 2.09 bits per heavy atom. The van der Waals surface area contributed by atoms with E-state index in [1.807, 2.05) is 69.3 Å². The zero-order valence-electron chi connectivity index (χ0n) is 18.9. The average molecular weight is 476 g/mol. The van der Waals surface area contributed by atoms with E-state index in [4.69, 9.17) is 8.92 Å². The molecule has 1 atom stereocenters. The Kier molecular flexibility index (Phi) is 7.44. The van der Waals surface area contributed by atoms with E-state index >= 15 is 0 Å². The Balaban J connectivity index is 1.58. The maximum atomic E-state index is 12.3. The van der Waals surface area contributed by atoms with Gasteiger partial charge >= 0.3 is 12.1 Å². The number of alkyl carbamates (subject to hydrolysis) is 1. The highest BCUT2D eigenvalue weighted by Gasteiger charge is 2.30. The lowest BCUT2D eigenvalue weighted by molar-refractivity contribution is -0.139. The molecule has 2 aromatic rings. The number of fused-ring (bicyclic) bond motifs is 3. The molecule has 8 nitrogen and oxygen atoms in total. The van der Waals surface area contributed by atoms with Gasteiger partial charge in [-0.2, -0.15) is 8.42 Å². The molecule has 1 aliphatic rings. The van der Waals surface area contributed by atoms with Crippen molar-refractivity contribution in [3.05, 3.63) is 59.7 Å². The van der Waals surface area contributed by atoms with Gasteiger partial charge < -0.3 is 15.2 Å². The zero-order chi connectivity index (χ0) is 24.2. The van der Waals surface area contributed by atoms with Crippen LogP contribution >= 0.6 is 0 Å². The molecule has 33 heavy (non-hydrogen) atoms. The number of nitrogens with one attached hydrogen (secondary N) is 1. The maximum Gasteiger partial charge on any atom is 0.407 e. The summed E-state index contributed by atoms with van der Waals surface area (Å²) in [5, 5.41) is 11.7. The van der Waals surface area contributed by atoms with E-state index < -0.39 is 34.0 Å². The number of rotatable bonds is 9. The van der Waals surface area contributed by atoms with Crippen LogP contribution in [0.2, 0.25) is 0 Å². The van der Waals surface area contributed by atoms with Gasteiger partial charge in [-0.05, 0) is 34.1 Å². The molecule has 0 fully saturated rings. The van der Waals surface area contributed by atoms with Crippen LogP contribution < -0.4 is 5.32 Å². The summed E-state index contributed by atoms with van der Waals surface area (Å²) in [5.41, 5.74) is 3.85. The summed E-state index contributed by atoms with van der Waals surface area (Å²) in [5.74, 6) is -2.06. The monoisotopic (exact) mass is 475 g/mol.